The van der Waals surface area contributed by atoms with E-state index in [-0.39, 0.29) is 29.1 Å². The molecule has 2 unspecified atom stereocenters. The molecule has 2 bridgehead atoms. The standard InChI is InChI=1S/C26H37N3O4S/c1-6-12-27-22(31)19-20-24(33)29(17(7-2)14-30)21(26(20)11-10-25(19,5)34-26)23(32)28-18-13-15(3)8-9-16(18)4/h8-9,13,17,19-21,30H,6-7,10-12,14H2,1-5H3,(H,27,31)(H,28,32)/t17-,19-,20-,21?,25+,26?/m0/s1. The van der Waals surface area contributed by atoms with Crippen LogP contribution in [0.1, 0.15) is 57.6 Å². The SMILES string of the molecule is CCCNC(=O)[C@@H]1[C@H]2C(=O)N([C@@H](CC)CO)C(C(=O)Nc3cc(C)ccc3C)C23CC[C@@]1(C)S3. The molecule has 3 aliphatic rings. The van der Waals surface area contributed by atoms with E-state index in [1.165, 1.54) is 0 Å². The fourth-order valence-corrected chi connectivity index (χ4v) is 8.64. The first-order chi connectivity index (χ1) is 16.1. The molecule has 3 fully saturated rings. The van der Waals surface area contributed by atoms with Crippen molar-refractivity contribution < 1.29 is 19.5 Å². The molecule has 6 atom stereocenters. The molecule has 1 aromatic rings. The van der Waals surface area contributed by atoms with E-state index in [9.17, 15) is 19.5 Å². The molecule has 4 rings (SSSR count). The summed E-state index contributed by atoms with van der Waals surface area (Å²) in [5, 5.41) is 16.2. The van der Waals surface area contributed by atoms with E-state index in [1.807, 2.05) is 45.9 Å². The zero-order chi connectivity index (χ0) is 24.8. The fourth-order valence-electron chi connectivity index (χ4n) is 6.30. The summed E-state index contributed by atoms with van der Waals surface area (Å²) in [7, 11) is 0. The van der Waals surface area contributed by atoms with E-state index in [0.717, 1.165) is 29.7 Å². The van der Waals surface area contributed by atoms with Crippen molar-refractivity contribution in [3.63, 3.8) is 0 Å². The van der Waals surface area contributed by atoms with Gasteiger partial charge >= 0.3 is 0 Å². The van der Waals surface area contributed by atoms with Gasteiger partial charge in [-0.05, 0) is 63.6 Å². The van der Waals surface area contributed by atoms with Crippen LogP contribution in [0.2, 0.25) is 0 Å². The van der Waals surface area contributed by atoms with E-state index in [4.69, 9.17) is 0 Å². The van der Waals surface area contributed by atoms with Gasteiger partial charge in [0.2, 0.25) is 17.7 Å². The first-order valence-electron chi connectivity index (χ1n) is 12.4. The summed E-state index contributed by atoms with van der Waals surface area (Å²) in [5.74, 6) is -1.55. The third kappa shape index (κ3) is 3.73. The number of thioether (sulfide) groups is 1. The summed E-state index contributed by atoms with van der Waals surface area (Å²) in [4.78, 5) is 42.9. The quantitative estimate of drug-likeness (QED) is 0.524. The second-order valence-electron chi connectivity index (χ2n) is 10.3. The van der Waals surface area contributed by atoms with Gasteiger partial charge in [-0.25, -0.2) is 0 Å². The highest BCUT2D eigenvalue weighted by atomic mass is 32.2. The van der Waals surface area contributed by atoms with Crippen LogP contribution in [0.15, 0.2) is 18.2 Å². The molecule has 8 heteroatoms. The maximum atomic E-state index is 14.0. The average molecular weight is 488 g/mol. The monoisotopic (exact) mass is 487 g/mol. The molecule has 3 amide bonds. The molecule has 3 aliphatic heterocycles. The Morgan fingerprint density at radius 3 is 2.62 bits per heavy atom. The van der Waals surface area contributed by atoms with Gasteiger partial charge in [0.1, 0.15) is 6.04 Å². The topological polar surface area (TPSA) is 98.7 Å². The van der Waals surface area contributed by atoms with Crippen molar-refractivity contribution in [1.29, 1.82) is 0 Å². The number of hydrogen-bond acceptors (Lipinski definition) is 5. The van der Waals surface area contributed by atoms with Crippen LogP contribution in [-0.4, -0.2) is 62.5 Å². The van der Waals surface area contributed by atoms with Gasteiger partial charge in [0.25, 0.3) is 0 Å². The molecule has 0 aliphatic carbocycles. The first kappa shape index (κ1) is 25.0. The van der Waals surface area contributed by atoms with Gasteiger partial charge < -0.3 is 20.6 Å². The third-order valence-electron chi connectivity index (χ3n) is 8.02. The number of nitrogens with zero attached hydrogens (tertiary/aromatic N) is 1. The molecule has 3 saturated heterocycles. The number of carbonyl (C=O) groups is 3. The Morgan fingerprint density at radius 1 is 1.24 bits per heavy atom. The molecule has 1 spiro atoms. The summed E-state index contributed by atoms with van der Waals surface area (Å²) in [6.45, 7) is 10.3. The number of aliphatic hydroxyl groups excluding tert-OH is 1. The molecule has 3 heterocycles. The summed E-state index contributed by atoms with van der Waals surface area (Å²) < 4.78 is -1.06. The molecule has 0 radical (unpaired) electrons. The van der Waals surface area contributed by atoms with Crippen molar-refractivity contribution >= 4 is 35.2 Å². The fraction of sp³-hybridized carbons (Fsp3) is 0.654. The maximum absolute atomic E-state index is 14.0. The molecular weight excluding hydrogens is 450 g/mol. The van der Waals surface area contributed by atoms with Crippen molar-refractivity contribution in [3.05, 3.63) is 29.3 Å². The molecule has 34 heavy (non-hydrogen) atoms. The lowest BCUT2D eigenvalue weighted by Gasteiger charge is -2.36. The number of benzene rings is 1. The number of likely N-dealkylation sites (tertiary alicyclic amines) is 1. The number of carbonyl (C=O) groups excluding carboxylic acids is 3. The van der Waals surface area contributed by atoms with Gasteiger partial charge in [-0.15, -0.1) is 11.8 Å². The van der Waals surface area contributed by atoms with Crippen LogP contribution in [0.5, 0.6) is 0 Å². The predicted octanol–water partition coefficient (Wildman–Crippen LogP) is 3.02. The highest BCUT2D eigenvalue weighted by molar-refractivity contribution is 8.02. The van der Waals surface area contributed by atoms with Crippen molar-refractivity contribution in [1.82, 2.24) is 10.2 Å². The number of anilines is 1. The van der Waals surface area contributed by atoms with Gasteiger partial charge in [-0.2, -0.15) is 0 Å². The minimum atomic E-state index is -0.738. The number of amides is 3. The smallest absolute Gasteiger partial charge is 0.248 e. The summed E-state index contributed by atoms with van der Waals surface area (Å²) >= 11 is 1.66. The Hall–Kier alpha value is -2.06. The lowest BCUT2D eigenvalue weighted by molar-refractivity contribution is -0.142. The predicted molar refractivity (Wildman–Crippen MR) is 135 cm³/mol. The van der Waals surface area contributed by atoms with Gasteiger partial charge in [-0.1, -0.05) is 26.0 Å². The Balaban J connectivity index is 1.76. The lowest BCUT2D eigenvalue weighted by Crippen LogP contribution is -2.54. The number of hydrogen-bond donors (Lipinski definition) is 3. The van der Waals surface area contributed by atoms with E-state index >= 15 is 0 Å². The molecule has 0 aromatic heterocycles. The summed E-state index contributed by atoms with van der Waals surface area (Å²) in [6.07, 6.45) is 2.84. The molecule has 7 nitrogen and oxygen atoms in total. The van der Waals surface area contributed by atoms with E-state index in [1.54, 1.807) is 16.7 Å². The normalized spacial score (nSPS) is 32.6. The van der Waals surface area contributed by atoms with E-state index in [2.05, 4.69) is 17.6 Å². The van der Waals surface area contributed by atoms with Gasteiger partial charge in [0.05, 0.1) is 29.2 Å². The zero-order valence-electron chi connectivity index (χ0n) is 20.8. The second kappa shape index (κ2) is 9.19. The minimum Gasteiger partial charge on any atom is -0.394 e. The Kier molecular flexibility index (Phi) is 6.77. The molecule has 1 aromatic carbocycles. The summed E-state index contributed by atoms with van der Waals surface area (Å²) in [6, 6.07) is 4.70. The van der Waals surface area contributed by atoms with Gasteiger partial charge in [0, 0.05) is 17.0 Å². The highest BCUT2D eigenvalue weighted by Crippen LogP contribution is 2.71. The van der Waals surface area contributed by atoms with Crippen molar-refractivity contribution in [3.8, 4) is 0 Å². The molecular formula is C26H37N3O4S. The van der Waals surface area contributed by atoms with Gasteiger partial charge in [0.15, 0.2) is 0 Å². The number of rotatable bonds is 8. The molecule has 3 N–H and O–H groups in total. The van der Waals surface area contributed by atoms with Crippen LogP contribution < -0.4 is 10.6 Å². The Bertz CT molecular complexity index is 996. The zero-order valence-corrected chi connectivity index (χ0v) is 21.6. The van der Waals surface area contributed by atoms with Crippen LogP contribution in [0.25, 0.3) is 0 Å². The van der Waals surface area contributed by atoms with Crippen LogP contribution >= 0.6 is 11.8 Å². The van der Waals surface area contributed by atoms with Crippen molar-refractivity contribution in [2.75, 3.05) is 18.5 Å². The van der Waals surface area contributed by atoms with Crippen molar-refractivity contribution in [2.45, 2.75) is 81.9 Å². The van der Waals surface area contributed by atoms with Crippen LogP contribution in [0.4, 0.5) is 5.69 Å². The molecule has 0 saturated carbocycles. The van der Waals surface area contributed by atoms with Crippen molar-refractivity contribution in [2.24, 2.45) is 11.8 Å². The number of fused-ring (bicyclic) bond motifs is 1. The number of nitrogens with one attached hydrogen (secondary N) is 2. The van der Waals surface area contributed by atoms with Gasteiger partial charge in [-0.3, -0.25) is 14.4 Å². The molecule has 186 valence electrons. The van der Waals surface area contributed by atoms with Crippen LogP contribution in [-0.2, 0) is 14.4 Å². The van der Waals surface area contributed by atoms with Crippen LogP contribution in [0.3, 0.4) is 0 Å². The highest BCUT2D eigenvalue weighted by Gasteiger charge is 2.77. The Labute approximate surface area is 206 Å². The largest absolute Gasteiger partial charge is 0.394 e. The maximum Gasteiger partial charge on any atom is 0.248 e. The van der Waals surface area contributed by atoms with Crippen LogP contribution in [0, 0.1) is 25.7 Å². The average Bonchev–Trinajstić information content (AvgIpc) is 3.37. The van der Waals surface area contributed by atoms with E-state index in [0.29, 0.717) is 19.4 Å². The number of aliphatic hydroxyl groups is 1. The first-order valence-corrected chi connectivity index (χ1v) is 13.2. The lowest BCUT2D eigenvalue weighted by atomic mass is 9.66. The second-order valence-corrected chi connectivity index (χ2v) is 12.2. The minimum absolute atomic E-state index is 0.0932. The summed E-state index contributed by atoms with van der Waals surface area (Å²) in [5.41, 5.74) is 2.72. The Morgan fingerprint density at radius 2 is 1.97 bits per heavy atom. The third-order valence-corrected chi connectivity index (χ3v) is 10.0. The van der Waals surface area contributed by atoms with E-state index < -0.39 is 28.7 Å². The number of aryl methyl sites for hydroxylation is 2.